The zero-order valence-corrected chi connectivity index (χ0v) is 12.4. The molecule has 1 fully saturated rings. The van der Waals surface area contributed by atoms with Gasteiger partial charge in [-0.2, -0.15) is 0 Å². The van der Waals surface area contributed by atoms with Gasteiger partial charge in [-0.1, -0.05) is 70.1 Å². The summed E-state index contributed by atoms with van der Waals surface area (Å²) in [4.78, 5) is 4.62. The Balaban J connectivity index is 1.98. The number of pyridine rings is 1. The van der Waals surface area contributed by atoms with Crippen LogP contribution in [0.2, 0.25) is 12.6 Å². The Hall–Kier alpha value is -1.31. The van der Waals surface area contributed by atoms with Crippen molar-refractivity contribution in [1.29, 1.82) is 0 Å². The van der Waals surface area contributed by atoms with Gasteiger partial charge in [-0.15, -0.1) is 0 Å². The number of nitrogens with zero attached hydrogens (tertiary/aromatic N) is 1. The largest absolute Gasteiger partial charge is 0.257 e. The van der Waals surface area contributed by atoms with Crippen LogP contribution in [-0.4, -0.2) is 11.7 Å². The van der Waals surface area contributed by atoms with Crippen molar-refractivity contribution in [3.8, 4) is 0 Å². The molecule has 1 aromatic heterocycles. The molecule has 0 spiro atoms. The Bertz CT molecular complexity index is 599. The van der Waals surface area contributed by atoms with Gasteiger partial charge in [-0.3, -0.25) is 4.98 Å². The highest BCUT2D eigenvalue weighted by molar-refractivity contribution is 6.74. The monoisotopic (exact) mass is 251 g/mol. The van der Waals surface area contributed by atoms with Crippen molar-refractivity contribution in [2.45, 2.75) is 40.3 Å². The average molecular weight is 251 g/mol. The molecule has 0 amide bonds. The molecule has 1 aliphatic rings. The van der Waals surface area contributed by atoms with Gasteiger partial charge in [0.2, 0.25) is 0 Å². The first-order chi connectivity index (χ1) is 8.89. The summed E-state index contributed by atoms with van der Waals surface area (Å²) in [5.74, 6) is 0. The lowest BCUT2D eigenvalue weighted by Crippen LogP contribution is -2.28. The standard InChI is InChI=1S/C17H22BN/c1-16(2)11-18(12-17(16,3)4)14-9-13-7-5-6-8-15(13)19-10-14/h5-10H,11-12H2,1-4H3. The molecule has 0 unspecified atom stereocenters. The summed E-state index contributed by atoms with van der Waals surface area (Å²) in [5.41, 5.74) is 3.33. The van der Waals surface area contributed by atoms with Gasteiger partial charge in [-0.05, 0) is 22.3 Å². The minimum absolute atomic E-state index is 0.406. The van der Waals surface area contributed by atoms with E-state index in [1.807, 2.05) is 0 Å². The van der Waals surface area contributed by atoms with Crippen LogP contribution in [0.25, 0.3) is 10.9 Å². The molecule has 1 aromatic carbocycles. The summed E-state index contributed by atoms with van der Waals surface area (Å²) >= 11 is 0. The summed E-state index contributed by atoms with van der Waals surface area (Å²) < 4.78 is 0. The van der Waals surface area contributed by atoms with Crippen LogP contribution in [0.3, 0.4) is 0 Å². The van der Waals surface area contributed by atoms with E-state index in [-0.39, 0.29) is 0 Å². The van der Waals surface area contributed by atoms with E-state index < -0.39 is 0 Å². The summed E-state index contributed by atoms with van der Waals surface area (Å²) in [5, 5.41) is 1.27. The summed E-state index contributed by atoms with van der Waals surface area (Å²) in [6.07, 6.45) is 4.62. The van der Waals surface area contributed by atoms with Crippen molar-refractivity contribution in [3.63, 3.8) is 0 Å². The minimum atomic E-state index is 0.406. The maximum atomic E-state index is 4.62. The molecule has 0 bridgehead atoms. The van der Waals surface area contributed by atoms with E-state index in [2.05, 4.69) is 69.2 Å². The minimum Gasteiger partial charge on any atom is -0.257 e. The van der Waals surface area contributed by atoms with Crippen LogP contribution >= 0.6 is 0 Å². The molecule has 19 heavy (non-hydrogen) atoms. The number of hydrogen-bond acceptors (Lipinski definition) is 1. The predicted molar refractivity (Wildman–Crippen MR) is 84.3 cm³/mol. The fourth-order valence-electron chi connectivity index (χ4n) is 3.40. The quantitative estimate of drug-likeness (QED) is 0.698. The molecular weight excluding hydrogens is 229 g/mol. The lowest BCUT2D eigenvalue weighted by Gasteiger charge is -2.35. The Labute approximate surface area is 116 Å². The van der Waals surface area contributed by atoms with E-state index in [9.17, 15) is 0 Å². The fraction of sp³-hybridized carbons (Fsp3) is 0.471. The zero-order valence-electron chi connectivity index (χ0n) is 12.4. The summed E-state index contributed by atoms with van der Waals surface area (Å²) in [6.45, 7) is 10.3. The Morgan fingerprint density at radius 1 is 1.00 bits per heavy atom. The van der Waals surface area contributed by atoms with Crippen molar-refractivity contribution in [2.24, 2.45) is 10.8 Å². The molecular formula is C17H22BN. The number of hydrogen-bond donors (Lipinski definition) is 0. The molecule has 0 N–H and O–H groups in total. The van der Waals surface area contributed by atoms with Gasteiger partial charge in [0.25, 0.3) is 0 Å². The lowest BCUT2D eigenvalue weighted by molar-refractivity contribution is 0.177. The molecule has 0 aliphatic carbocycles. The molecule has 0 saturated carbocycles. The SMILES string of the molecule is CC1(C)CB(c2cnc3ccccc3c2)CC1(C)C. The first-order valence-corrected chi connectivity index (χ1v) is 7.24. The molecule has 98 valence electrons. The van der Waals surface area contributed by atoms with Crippen molar-refractivity contribution in [2.75, 3.05) is 0 Å². The second-order valence-electron chi connectivity index (χ2n) is 7.33. The predicted octanol–water partition coefficient (Wildman–Crippen LogP) is 4.00. The van der Waals surface area contributed by atoms with Crippen LogP contribution in [0.1, 0.15) is 27.7 Å². The molecule has 1 nitrogen and oxygen atoms in total. The number of para-hydroxylation sites is 1. The van der Waals surface area contributed by atoms with Crippen molar-refractivity contribution in [1.82, 2.24) is 4.98 Å². The van der Waals surface area contributed by atoms with E-state index in [1.54, 1.807) is 0 Å². The summed E-state index contributed by atoms with van der Waals surface area (Å²) in [6, 6.07) is 10.7. The van der Waals surface area contributed by atoms with E-state index in [0.29, 0.717) is 17.5 Å². The van der Waals surface area contributed by atoms with Gasteiger partial charge < -0.3 is 0 Å². The number of rotatable bonds is 1. The van der Waals surface area contributed by atoms with Crippen LogP contribution in [0, 0.1) is 10.8 Å². The van der Waals surface area contributed by atoms with Gasteiger partial charge in [0.1, 0.15) is 0 Å². The highest BCUT2D eigenvalue weighted by Crippen LogP contribution is 2.52. The van der Waals surface area contributed by atoms with Gasteiger partial charge in [0, 0.05) is 6.20 Å². The van der Waals surface area contributed by atoms with Crippen molar-refractivity contribution in [3.05, 3.63) is 36.5 Å². The van der Waals surface area contributed by atoms with Crippen LogP contribution in [0.5, 0.6) is 0 Å². The maximum Gasteiger partial charge on any atom is 0.179 e. The highest BCUT2D eigenvalue weighted by Gasteiger charge is 2.48. The molecule has 1 aliphatic heterocycles. The molecule has 2 heteroatoms. The smallest absolute Gasteiger partial charge is 0.179 e. The van der Waals surface area contributed by atoms with Gasteiger partial charge in [0.15, 0.2) is 6.71 Å². The Morgan fingerprint density at radius 3 is 2.32 bits per heavy atom. The average Bonchev–Trinajstić information content (AvgIpc) is 2.58. The fourth-order valence-corrected chi connectivity index (χ4v) is 3.40. The second-order valence-corrected chi connectivity index (χ2v) is 7.33. The lowest BCUT2D eigenvalue weighted by atomic mass is 9.42. The second kappa shape index (κ2) is 4.09. The molecule has 1 saturated heterocycles. The normalized spacial score (nSPS) is 20.9. The Morgan fingerprint density at radius 2 is 1.63 bits per heavy atom. The zero-order chi connectivity index (χ0) is 13.7. The van der Waals surface area contributed by atoms with E-state index in [4.69, 9.17) is 0 Å². The molecule has 2 aromatic rings. The van der Waals surface area contributed by atoms with E-state index in [0.717, 1.165) is 5.52 Å². The van der Waals surface area contributed by atoms with Crippen LogP contribution in [0.4, 0.5) is 0 Å². The topological polar surface area (TPSA) is 12.9 Å². The Kier molecular flexibility index (Phi) is 2.74. The van der Waals surface area contributed by atoms with Crippen LogP contribution in [0.15, 0.2) is 36.5 Å². The number of benzene rings is 1. The first-order valence-electron chi connectivity index (χ1n) is 7.24. The third-order valence-electron chi connectivity index (χ3n) is 5.43. The van der Waals surface area contributed by atoms with Crippen LogP contribution in [-0.2, 0) is 0 Å². The van der Waals surface area contributed by atoms with Gasteiger partial charge >= 0.3 is 0 Å². The van der Waals surface area contributed by atoms with Crippen molar-refractivity contribution < 1.29 is 0 Å². The molecule has 0 atom stereocenters. The van der Waals surface area contributed by atoms with Gasteiger partial charge in [0.05, 0.1) is 5.52 Å². The number of aromatic nitrogens is 1. The maximum absolute atomic E-state index is 4.62. The van der Waals surface area contributed by atoms with Crippen molar-refractivity contribution >= 4 is 23.1 Å². The van der Waals surface area contributed by atoms with Gasteiger partial charge in [-0.25, -0.2) is 0 Å². The molecule has 2 heterocycles. The molecule has 3 rings (SSSR count). The summed E-state index contributed by atoms with van der Waals surface area (Å²) in [7, 11) is 0. The number of fused-ring (bicyclic) bond motifs is 1. The highest BCUT2D eigenvalue weighted by atomic mass is 14.6. The van der Waals surface area contributed by atoms with E-state index >= 15 is 0 Å². The van der Waals surface area contributed by atoms with E-state index in [1.165, 1.54) is 23.5 Å². The third kappa shape index (κ3) is 2.07. The molecule has 0 radical (unpaired) electrons. The third-order valence-corrected chi connectivity index (χ3v) is 5.43. The first kappa shape index (κ1) is 12.7. The van der Waals surface area contributed by atoms with Crippen LogP contribution < -0.4 is 5.46 Å².